The third-order valence-electron chi connectivity index (χ3n) is 2.43. The Hall–Kier alpha value is 0.704. The molecule has 0 amide bonds. The number of hydrogen-bond acceptors (Lipinski definition) is 4. The van der Waals surface area contributed by atoms with E-state index in [9.17, 15) is 4.79 Å². The molecule has 1 saturated heterocycles. The second-order valence-corrected chi connectivity index (χ2v) is 9.58. The molecule has 0 aliphatic carbocycles. The summed E-state index contributed by atoms with van der Waals surface area (Å²) in [5.74, 6) is -0.589. The molecule has 2 atom stereocenters. The van der Waals surface area contributed by atoms with Gasteiger partial charge in [0.15, 0.2) is 0 Å². The third-order valence-corrected chi connectivity index (χ3v) is 7.63. The smallest absolute Gasteiger partial charge is 0.298 e. The number of hydroxylamine groups is 2. The SMILES string of the molecule is [CH2-]C1C(=O)ON(C)C1[S-](=P)=Pc1ccccc1.[Y]. The molecule has 18 heavy (non-hydrogen) atoms. The van der Waals surface area contributed by atoms with Crippen LogP contribution in [0, 0.1) is 12.8 Å². The zero-order chi connectivity index (χ0) is 12.4. The van der Waals surface area contributed by atoms with Gasteiger partial charge in [0, 0.05) is 39.8 Å². The van der Waals surface area contributed by atoms with E-state index in [0.717, 1.165) is 7.36 Å². The fraction of sp³-hybridized carbons (Fsp3) is 0.273. The van der Waals surface area contributed by atoms with E-state index in [-0.39, 0.29) is 59.2 Å². The van der Waals surface area contributed by atoms with E-state index in [0.29, 0.717) is 0 Å². The first-order chi connectivity index (χ1) is 8.09. The largest absolute Gasteiger partial charge is 0.403 e. The average molecular weight is 374 g/mol. The van der Waals surface area contributed by atoms with Crippen molar-refractivity contribution in [3.8, 4) is 0 Å². The van der Waals surface area contributed by atoms with Crippen molar-refractivity contribution in [1.29, 1.82) is 0 Å². The standard InChI is InChI=1S/C11H13NO2P2S.Y/c1-8-10(12(2)14-11(8)13)17(15)16-9-6-4-3-5-7-9;/h3-8,10,15H,1H2,2H3;/q-2;. The Bertz CT molecular complexity index is 505. The molecule has 1 aliphatic rings. The minimum absolute atomic E-state index is 0. The normalized spacial score (nSPS) is 25.6. The number of carbonyl (C=O) groups excluding carboxylic acids is 1. The molecule has 95 valence electrons. The summed E-state index contributed by atoms with van der Waals surface area (Å²) in [4.78, 5) is 16.5. The zero-order valence-corrected chi connectivity index (χ0v) is 15.5. The average Bonchev–Trinajstić information content (AvgIpc) is 2.54. The van der Waals surface area contributed by atoms with Crippen LogP contribution in [0.4, 0.5) is 0 Å². The van der Waals surface area contributed by atoms with Gasteiger partial charge in [-0.2, -0.15) is 5.06 Å². The van der Waals surface area contributed by atoms with Crippen LogP contribution in [0.5, 0.6) is 0 Å². The molecule has 1 aliphatic heterocycles. The van der Waals surface area contributed by atoms with Crippen LogP contribution in [0.1, 0.15) is 0 Å². The van der Waals surface area contributed by atoms with Crippen LogP contribution in [0.25, 0.3) is 0 Å². The summed E-state index contributed by atoms with van der Waals surface area (Å²) < 4.78 is 0. The maximum Gasteiger partial charge on any atom is 0.298 e. The summed E-state index contributed by atoms with van der Waals surface area (Å²) in [6, 6.07) is 10.1. The molecule has 1 aromatic rings. The van der Waals surface area contributed by atoms with Gasteiger partial charge in [-0.25, -0.2) is 7.36 Å². The molecule has 2 rings (SSSR count). The van der Waals surface area contributed by atoms with Crippen molar-refractivity contribution < 1.29 is 42.3 Å². The summed E-state index contributed by atoms with van der Waals surface area (Å²) in [7, 11) is 6.44. The van der Waals surface area contributed by atoms with Crippen molar-refractivity contribution in [3.05, 3.63) is 37.3 Å². The summed E-state index contributed by atoms with van der Waals surface area (Å²) in [5, 5.41) is 2.80. The molecular weight excluding hydrogens is 361 g/mol. The molecule has 2 unspecified atom stereocenters. The van der Waals surface area contributed by atoms with Gasteiger partial charge in [-0.15, -0.1) is 0 Å². The predicted octanol–water partition coefficient (Wildman–Crippen LogP) is 2.03. The van der Waals surface area contributed by atoms with Crippen molar-refractivity contribution in [2.45, 2.75) is 5.37 Å². The Labute approximate surface area is 138 Å². The molecule has 1 aromatic carbocycles. The Kier molecular flexibility index (Phi) is 6.96. The van der Waals surface area contributed by atoms with Crippen LogP contribution in [0.2, 0.25) is 0 Å². The van der Waals surface area contributed by atoms with Crippen molar-refractivity contribution in [1.82, 2.24) is 5.06 Å². The van der Waals surface area contributed by atoms with Gasteiger partial charge in [0.2, 0.25) is 0 Å². The van der Waals surface area contributed by atoms with E-state index >= 15 is 0 Å². The van der Waals surface area contributed by atoms with Crippen molar-refractivity contribution in [2.75, 3.05) is 7.05 Å². The van der Waals surface area contributed by atoms with Gasteiger partial charge in [-0.3, -0.25) is 12.8 Å². The van der Waals surface area contributed by atoms with Gasteiger partial charge >= 0.3 is 0 Å². The molecule has 7 heteroatoms. The number of rotatable bonds is 2. The maximum absolute atomic E-state index is 11.4. The molecule has 0 aromatic heterocycles. The fourth-order valence-corrected chi connectivity index (χ4v) is 7.06. The molecule has 3 nitrogen and oxygen atoms in total. The minimum atomic E-state index is -0.336. The molecule has 1 radical (unpaired) electrons. The summed E-state index contributed by atoms with van der Waals surface area (Å²) >= 11 is 0. The van der Waals surface area contributed by atoms with Crippen LogP contribution in [-0.2, 0) is 51.6 Å². The first-order valence-electron chi connectivity index (χ1n) is 5.08. The van der Waals surface area contributed by atoms with E-state index < -0.39 is 0 Å². The monoisotopic (exact) mass is 374 g/mol. The fourth-order valence-electron chi connectivity index (χ4n) is 1.58. The Morgan fingerprint density at radius 3 is 2.56 bits per heavy atom. The van der Waals surface area contributed by atoms with Gasteiger partial charge < -0.3 is 21.0 Å². The van der Waals surface area contributed by atoms with E-state index in [2.05, 4.69) is 27.1 Å². The second-order valence-electron chi connectivity index (χ2n) is 3.69. The van der Waals surface area contributed by atoms with Gasteiger partial charge in [-0.05, 0) is 10.7 Å². The summed E-state index contributed by atoms with van der Waals surface area (Å²) in [6.45, 7) is 3.87. The van der Waals surface area contributed by atoms with Crippen LogP contribution >= 0.6 is 15.4 Å². The number of hydrogen-bond donors (Lipinski definition) is 0. The summed E-state index contributed by atoms with van der Waals surface area (Å²) in [5.41, 5.74) is 0. The van der Waals surface area contributed by atoms with Crippen molar-refractivity contribution in [2.24, 2.45) is 5.92 Å². The quantitative estimate of drug-likeness (QED) is 0.451. The topological polar surface area (TPSA) is 29.5 Å². The second kappa shape index (κ2) is 7.48. The van der Waals surface area contributed by atoms with E-state index in [1.165, 1.54) is 5.30 Å². The predicted molar refractivity (Wildman–Crippen MR) is 75.2 cm³/mol. The van der Waals surface area contributed by atoms with Gasteiger partial charge in [0.25, 0.3) is 5.97 Å². The first kappa shape index (κ1) is 16.8. The van der Waals surface area contributed by atoms with Gasteiger partial charge in [-0.1, -0.05) is 36.2 Å². The van der Waals surface area contributed by atoms with Crippen LogP contribution in [0.3, 0.4) is 0 Å². The number of carbonyl (C=O) groups is 1. The molecule has 0 bridgehead atoms. The molecule has 1 heterocycles. The molecular formula is C11H13NO2P2SY-2. The van der Waals surface area contributed by atoms with Gasteiger partial charge in [0.05, 0.1) is 0 Å². The minimum Gasteiger partial charge on any atom is -0.403 e. The van der Waals surface area contributed by atoms with Crippen molar-refractivity contribution >= 4 is 35.9 Å². The molecule has 0 spiro atoms. The Morgan fingerprint density at radius 1 is 1.44 bits per heavy atom. The maximum atomic E-state index is 11.4. The zero-order valence-electron chi connectivity index (χ0n) is 9.95. The van der Waals surface area contributed by atoms with Crippen LogP contribution in [-0.4, -0.2) is 23.5 Å². The number of nitrogens with zero attached hydrogens (tertiary/aromatic N) is 1. The van der Waals surface area contributed by atoms with E-state index in [1.807, 2.05) is 18.2 Å². The van der Waals surface area contributed by atoms with E-state index in [1.54, 1.807) is 12.1 Å². The molecule has 1 fully saturated rings. The van der Waals surface area contributed by atoms with Gasteiger partial charge in [0.1, 0.15) is 0 Å². The van der Waals surface area contributed by atoms with E-state index in [4.69, 9.17) is 4.84 Å². The van der Waals surface area contributed by atoms with Crippen molar-refractivity contribution in [3.63, 3.8) is 0 Å². The molecule has 0 N–H and O–H groups in total. The Balaban J connectivity index is 0.00000162. The third kappa shape index (κ3) is 3.85. The Morgan fingerprint density at radius 2 is 2.06 bits per heavy atom. The first-order valence-corrected chi connectivity index (χ1v) is 9.10. The van der Waals surface area contributed by atoms with Crippen LogP contribution in [0.15, 0.2) is 30.3 Å². The summed E-state index contributed by atoms with van der Waals surface area (Å²) in [6.07, 6.45) is 0. The molecule has 0 saturated carbocycles. The van der Waals surface area contributed by atoms with Crippen LogP contribution < -0.4 is 5.30 Å². The number of benzene rings is 1.